The molecule has 1 aromatic heterocycles. The smallest absolute Gasteiger partial charge is 0.299 e. The van der Waals surface area contributed by atoms with Crippen LogP contribution in [0.1, 0.15) is 67.3 Å². The van der Waals surface area contributed by atoms with E-state index in [0.29, 0.717) is 25.1 Å². The van der Waals surface area contributed by atoms with Gasteiger partial charge in [-0.15, -0.1) is 0 Å². The molecule has 36 heavy (non-hydrogen) atoms. The van der Waals surface area contributed by atoms with Gasteiger partial charge in [-0.05, 0) is 54.4 Å². The number of rotatable bonds is 7. The first kappa shape index (κ1) is 28.3. The van der Waals surface area contributed by atoms with Crippen LogP contribution in [-0.4, -0.2) is 30.7 Å². The number of benzene rings is 1. The molecule has 1 heterocycles. The van der Waals surface area contributed by atoms with Gasteiger partial charge in [-0.25, -0.2) is 13.4 Å². The largest absolute Gasteiger partial charge is 0.417 e. The molecule has 1 atom stereocenters. The normalized spacial score (nSPS) is 20.0. The van der Waals surface area contributed by atoms with Crippen molar-refractivity contribution in [2.75, 3.05) is 5.75 Å². The third kappa shape index (κ3) is 5.83. The minimum atomic E-state index is -4.71. The molecule has 1 aliphatic carbocycles. The standard InChI is InChI=1S/C26H29ClF3NO4S/c1-5-16-7-14(3)8-17(6-2)23(16)24-21(32)9-18(10-22(24)33)15(4)13-36(34,35)25-20(27)11-19(12-31-25)26(28,29)30/h7-8,11-12,15,18,24H,5-6,9-10,13H2,1-4H3. The second-order valence-corrected chi connectivity index (χ2v) is 11.9. The Labute approximate surface area is 214 Å². The van der Waals surface area contributed by atoms with Crippen molar-refractivity contribution in [3.05, 3.63) is 57.2 Å². The zero-order valence-corrected chi connectivity index (χ0v) is 22.1. The molecule has 1 saturated carbocycles. The molecule has 0 amide bonds. The summed E-state index contributed by atoms with van der Waals surface area (Å²) in [5.41, 5.74) is 2.63. The molecular formula is C26H29ClF3NO4S. The molecule has 1 unspecified atom stereocenters. The van der Waals surface area contributed by atoms with Crippen molar-refractivity contribution in [1.82, 2.24) is 4.98 Å². The summed E-state index contributed by atoms with van der Waals surface area (Å²) in [6.07, 6.45) is -2.83. The molecule has 0 aliphatic heterocycles. The van der Waals surface area contributed by atoms with Crippen molar-refractivity contribution in [3.8, 4) is 0 Å². The number of hydrogen-bond donors (Lipinski definition) is 0. The summed E-state index contributed by atoms with van der Waals surface area (Å²) in [4.78, 5) is 30.0. The predicted molar refractivity (Wildman–Crippen MR) is 131 cm³/mol. The highest BCUT2D eigenvalue weighted by Crippen LogP contribution is 2.39. The first-order valence-electron chi connectivity index (χ1n) is 11.8. The molecule has 0 spiro atoms. The van der Waals surface area contributed by atoms with E-state index in [1.165, 1.54) is 0 Å². The minimum Gasteiger partial charge on any atom is -0.299 e. The lowest BCUT2D eigenvalue weighted by Crippen LogP contribution is -2.37. The summed E-state index contributed by atoms with van der Waals surface area (Å²) in [5, 5.41) is -1.26. The maximum absolute atomic E-state index is 13.3. The zero-order chi connectivity index (χ0) is 27.0. The SMILES string of the molecule is CCc1cc(C)cc(CC)c1C1C(=O)CC(C(C)CS(=O)(=O)c2ncc(C(F)(F)F)cc2Cl)CC1=O. The molecule has 0 N–H and O–H groups in total. The first-order valence-corrected chi connectivity index (χ1v) is 13.9. The number of Topliss-reactive ketones (excluding diaryl/α,β-unsaturated/α-hetero) is 2. The molecule has 10 heteroatoms. The Balaban J connectivity index is 1.82. The molecule has 3 rings (SSSR count). The van der Waals surface area contributed by atoms with Gasteiger partial charge in [0, 0.05) is 19.0 Å². The van der Waals surface area contributed by atoms with E-state index in [4.69, 9.17) is 11.6 Å². The number of hydrogen-bond acceptors (Lipinski definition) is 5. The van der Waals surface area contributed by atoms with Gasteiger partial charge in [0.2, 0.25) is 0 Å². The molecular weight excluding hydrogens is 515 g/mol. The van der Waals surface area contributed by atoms with Crippen molar-refractivity contribution in [1.29, 1.82) is 0 Å². The number of nitrogens with zero attached hydrogens (tertiary/aromatic N) is 1. The van der Waals surface area contributed by atoms with Crippen molar-refractivity contribution in [3.63, 3.8) is 0 Å². The number of aryl methyl sites for hydroxylation is 3. The van der Waals surface area contributed by atoms with Gasteiger partial charge in [0.15, 0.2) is 14.9 Å². The van der Waals surface area contributed by atoms with E-state index in [-0.39, 0.29) is 24.4 Å². The van der Waals surface area contributed by atoms with Gasteiger partial charge in [-0.1, -0.05) is 50.1 Å². The number of alkyl halides is 3. The number of ketones is 2. The number of pyridine rings is 1. The Hall–Kier alpha value is -2.26. The maximum Gasteiger partial charge on any atom is 0.417 e. The lowest BCUT2D eigenvalue weighted by molar-refractivity contribution is -0.138. The summed E-state index contributed by atoms with van der Waals surface area (Å²) >= 11 is 5.84. The van der Waals surface area contributed by atoms with Gasteiger partial charge in [0.1, 0.15) is 17.5 Å². The summed E-state index contributed by atoms with van der Waals surface area (Å²) in [7, 11) is -4.16. The van der Waals surface area contributed by atoms with Crippen LogP contribution in [0.3, 0.4) is 0 Å². The van der Waals surface area contributed by atoms with Gasteiger partial charge in [0.25, 0.3) is 0 Å². The predicted octanol–water partition coefficient (Wildman–Crippen LogP) is 5.93. The van der Waals surface area contributed by atoms with Crippen LogP contribution in [0.4, 0.5) is 13.2 Å². The van der Waals surface area contributed by atoms with Crippen LogP contribution in [0.15, 0.2) is 29.4 Å². The molecule has 196 valence electrons. The summed E-state index contributed by atoms with van der Waals surface area (Å²) in [5.74, 6) is -2.95. The van der Waals surface area contributed by atoms with Gasteiger partial charge in [-0.2, -0.15) is 13.2 Å². The average molecular weight is 544 g/mol. The number of sulfone groups is 1. The Morgan fingerprint density at radius 1 is 1.06 bits per heavy atom. The van der Waals surface area contributed by atoms with E-state index >= 15 is 0 Å². The maximum atomic E-state index is 13.3. The van der Waals surface area contributed by atoms with E-state index in [1.807, 2.05) is 32.9 Å². The van der Waals surface area contributed by atoms with Crippen molar-refractivity contribution in [2.45, 2.75) is 70.5 Å². The van der Waals surface area contributed by atoms with Crippen molar-refractivity contribution < 1.29 is 31.2 Å². The van der Waals surface area contributed by atoms with Crippen LogP contribution in [0.5, 0.6) is 0 Å². The monoisotopic (exact) mass is 543 g/mol. The third-order valence-corrected chi connectivity index (χ3v) is 9.11. The van der Waals surface area contributed by atoms with Gasteiger partial charge >= 0.3 is 6.18 Å². The highest BCUT2D eigenvalue weighted by molar-refractivity contribution is 7.91. The van der Waals surface area contributed by atoms with Gasteiger partial charge in [-0.3, -0.25) is 9.59 Å². The van der Waals surface area contributed by atoms with Crippen LogP contribution in [0.25, 0.3) is 0 Å². The van der Waals surface area contributed by atoms with Crippen molar-refractivity contribution >= 4 is 33.0 Å². The topological polar surface area (TPSA) is 81.2 Å². The summed E-state index contributed by atoms with van der Waals surface area (Å²) < 4.78 is 64.5. The van der Waals surface area contributed by atoms with Gasteiger partial charge in [0.05, 0.1) is 16.3 Å². The second kappa shape index (κ2) is 10.6. The quantitative estimate of drug-likeness (QED) is 0.404. The van der Waals surface area contributed by atoms with Crippen molar-refractivity contribution in [2.24, 2.45) is 11.8 Å². The lowest BCUT2D eigenvalue weighted by Gasteiger charge is -2.32. The Morgan fingerprint density at radius 3 is 2.03 bits per heavy atom. The average Bonchev–Trinajstić information content (AvgIpc) is 2.77. The highest BCUT2D eigenvalue weighted by atomic mass is 35.5. The van der Waals surface area contributed by atoms with Crippen LogP contribution in [0, 0.1) is 18.8 Å². The van der Waals surface area contributed by atoms with E-state index in [9.17, 15) is 31.2 Å². The van der Waals surface area contributed by atoms with Crippen LogP contribution in [-0.2, 0) is 38.4 Å². The number of halogens is 4. The van der Waals surface area contributed by atoms with E-state index in [2.05, 4.69) is 4.98 Å². The molecule has 0 radical (unpaired) electrons. The Bertz CT molecular complexity index is 1250. The van der Waals surface area contributed by atoms with Gasteiger partial charge < -0.3 is 0 Å². The number of carbonyl (C=O) groups excluding carboxylic acids is 2. The summed E-state index contributed by atoms with van der Waals surface area (Å²) in [6, 6.07) is 4.52. The third-order valence-electron chi connectivity index (χ3n) is 6.83. The highest BCUT2D eigenvalue weighted by Gasteiger charge is 2.41. The fraction of sp³-hybridized carbons (Fsp3) is 0.500. The van der Waals surface area contributed by atoms with E-state index < -0.39 is 55.1 Å². The minimum absolute atomic E-state index is 0.0431. The molecule has 1 aliphatic rings. The van der Waals surface area contributed by atoms with E-state index in [0.717, 1.165) is 22.3 Å². The number of aromatic nitrogens is 1. The Morgan fingerprint density at radius 2 is 1.58 bits per heavy atom. The fourth-order valence-corrected chi connectivity index (χ4v) is 7.22. The van der Waals surface area contributed by atoms with E-state index in [1.54, 1.807) is 6.92 Å². The molecule has 5 nitrogen and oxygen atoms in total. The number of carbonyl (C=O) groups is 2. The van der Waals surface area contributed by atoms with Crippen LogP contribution >= 0.6 is 11.6 Å². The molecule has 1 fully saturated rings. The molecule has 0 bridgehead atoms. The summed E-state index contributed by atoms with van der Waals surface area (Å²) in [6.45, 7) is 7.54. The van der Waals surface area contributed by atoms with Crippen LogP contribution < -0.4 is 0 Å². The lowest BCUT2D eigenvalue weighted by atomic mass is 9.70. The van der Waals surface area contributed by atoms with Crippen LogP contribution in [0.2, 0.25) is 5.02 Å². The second-order valence-electron chi connectivity index (χ2n) is 9.51. The first-order chi connectivity index (χ1) is 16.7. The fourth-order valence-electron chi connectivity index (χ4n) is 5.01. The molecule has 2 aromatic rings. The zero-order valence-electron chi connectivity index (χ0n) is 20.6. The molecule has 0 saturated heterocycles. The Kier molecular flexibility index (Phi) is 8.35. The molecule has 1 aromatic carbocycles.